The van der Waals surface area contributed by atoms with Crippen LogP contribution in [0.4, 0.5) is 0 Å². The van der Waals surface area contributed by atoms with Gasteiger partial charge in [0.05, 0.1) is 6.42 Å². The van der Waals surface area contributed by atoms with Gasteiger partial charge in [0.1, 0.15) is 0 Å². The van der Waals surface area contributed by atoms with Crippen molar-refractivity contribution in [3.63, 3.8) is 0 Å². The van der Waals surface area contributed by atoms with E-state index < -0.39 is 0 Å². The minimum absolute atomic E-state index is 0.0884. The van der Waals surface area contributed by atoms with Gasteiger partial charge in [0, 0.05) is 17.3 Å². The molecule has 0 aliphatic carbocycles. The molecule has 0 unspecified atom stereocenters. The zero-order valence-corrected chi connectivity index (χ0v) is 12.1. The summed E-state index contributed by atoms with van der Waals surface area (Å²) in [6, 6.07) is 8.96. The van der Waals surface area contributed by atoms with Crippen molar-refractivity contribution in [1.82, 2.24) is 10.7 Å². The molecular formula is C15H21N3O2. The van der Waals surface area contributed by atoms with Gasteiger partial charge in [-0.2, -0.15) is 5.10 Å². The molecule has 5 heteroatoms. The number of carbonyl (C=O) groups is 2. The van der Waals surface area contributed by atoms with E-state index in [0.717, 1.165) is 6.42 Å². The van der Waals surface area contributed by atoms with E-state index in [0.29, 0.717) is 11.3 Å². The Hall–Kier alpha value is -2.17. The molecule has 1 rings (SSSR count). The molecule has 0 aliphatic rings. The Morgan fingerprint density at radius 1 is 1.25 bits per heavy atom. The van der Waals surface area contributed by atoms with Crippen molar-refractivity contribution in [2.24, 2.45) is 5.10 Å². The lowest BCUT2D eigenvalue weighted by Crippen LogP contribution is -2.33. The first kappa shape index (κ1) is 15.9. The molecule has 1 aromatic carbocycles. The SMILES string of the molecule is CC[C@H](C)NC(=O)CC(C)=NNC(=O)c1ccccc1. The molecule has 0 aromatic heterocycles. The predicted octanol–water partition coefficient (Wildman–Crippen LogP) is 2.10. The molecule has 0 spiro atoms. The maximum atomic E-state index is 11.7. The lowest BCUT2D eigenvalue weighted by atomic mass is 10.2. The van der Waals surface area contributed by atoms with Gasteiger partial charge in [-0.1, -0.05) is 25.1 Å². The summed E-state index contributed by atoms with van der Waals surface area (Å²) in [5.74, 6) is -0.373. The highest BCUT2D eigenvalue weighted by Crippen LogP contribution is 1.98. The van der Waals surface area contributed by atoms with Gasteiger partial charge < -0.3 is 5.32 Å². The van der Waals surface area contributed by atoms with Gasteiger partial charge in [-0.05, 0) is 32.4 Å². The standard InChI is InChI=1S/C15H21N3O2/c1-4-11(2)16-14(19)10-12(3)17-18-15(20)13-8-6-5-7-9-13/h5-9,11H,4,10H2,1-3H3,(H,16,19)(H,18,20)/t11-/m0/s1. The quantitative estimate of drug-likeness (QED) is 0.616. The molecule has 20 heavy (non-hydrogen) atoms. The zero-order chi connectivity index (χ0) is 15.0. The number of benzene rings is 1. The Labute approximate surface area is 119 Å². The van der Waals surface area contributed by atoms with E-state index in [4.69, 9.17) is 0 Å². The maximum Gasteiger partial charge on any atom is 0.271 e. The number of amides is 2. The molecule has 0 fully saturated rings. The Bertz CT molecular complexity index is 483. The number of hydrogen-bond acceptors (Lipinski definition) is 3. The van der Waals surface area contributed by atoms with Gasteiger partial charge in [0.25, 0.3) is 5.91 Å². The molecular weight excluding hydrogens is 254 g/mol. The summed E-state index contributed by atoms with van der Waals surface area (Å²) in [4.78, 5) is 23.4. The summed E-state index contributed by atoms with van der Waals surface area (Å²) in [6.45, 7) is 5.66. The van der Waals surface area contributed by atoms with Crippen LogP contribution in [0.1, 0.15) is 44.0 Å². The number of nitrogens with zero attached hydrogens (tertiary/aromatic N) is 1. The second-order valence-electron chi connectivity index (χ2n) is 4.71. The Morgan fingerprint density at radius 3 is 2.50 bits per heavy atom. The van der Waals surface area contributed by atoms with E-state index >= 15 is 0 Å². The number of nitrogens with one attached hydrogen (secondary N) is 2. The average molecular weight is 275 g/mol. The largest absolute Gasteiger partial charge is 0.353 e. The van der Waals surface area contributed by atoms with Gasteiger partial charge in [0.15, 0.2) is 0 Å². The zero-order valence-electron chi connectivity index (χ0n) is 12.1. The van der Waals surface area contributed by atoms with E-state index in [-0.39, 0.29) is 24.3 Å². The fourth-order valence-corrected chi connectivity index (χ4v) is 1.50. The Balaban J connectivity index is 2.46. The van der Waals surface area contributed by atoms with Crippen LogP contribution in [-0.2, 0) is 4.79 Å². The molecule has 5 nitrogen and oxygen atoms in total. The predicted molar refractivity (Wildman–Crippen MR) is 79.5 cm³/mol. The first-order valence-corrected chi connectivity index (χ1v) is 6.70. The Morgan fingerprint density at radius 2 is 1.90 bits per heavy atom. The van der Waals surface area contributed by atoms with Crippen molar-refractivity contribution in [2.45, 2.75) is 39.7 Å². The third-order valence-corrected chi connectivity index (χ3v) is 2.82. The molecule has 0 aliphatic heterocycles. The van der Waals surface area contributed by atoms with Crippen LogP contribution in [0.15, 0.2) is 35.4 Å². The van der Waals surface area contributed by atoms with Crippen molar-refractivity contribution in [2.75, 3.05) is 0 Å². The van der Waals surface area contributed by atoms with Crippen molar-refractivity contribution in [3.05, 3.63) is 35.9 Å². The minimum Gasteiger partial charge on any atom is -0.353 e. The Kier molecular flexibility index (Phi) is 6.43. The van der Waals surface area contributed by atoms with E-state index in [1.807, 2.05) is 19.9 Å². The van der Waals surface area contributed by atoms with Crippen molar-refractivity contribution in [1.29, 1.82) is 0 Å². The smallest absolute Gasteiger partial charge is 0.271 e. The average Bonchev–Trinajstić information content (AvgIpc) is 2.45. The molecule has 2 amide bonds. The molecule has 0 saturated heterocycles. The van der Waals surface area contributed by atoms with Gasteiger partial charge in [0.2, 0.25) is 5.91 Å². The van der Waals surface area contributed by atoms with Gasteiger partial charge in [-0.25, -0.2) is 5.43 Å². The van der Waals surface area contributed by atoms with Crippen LogP contribution in [-0.4, -0.2) is 23.6 Å². The molecule has 0 heterocycles. The summed E-state index contributed by atoms with van der Waals surface area (Å²) < 4.78 is 0. The molecule has 0 bridgehead atoms. The number of hydrogen-bond donors (Lipinski definition) is 2. The van der Waals surface area contributed by atoms with E-state index in [9.17, 15) is 9.59 Å². The van der Waals surface area contributed by atoms with Crippen LogP contribution in [0.2, 0.25) is 0 Å². The van der Waals surface area contributed by atoms with E-state index in [2.05, 4.69) is 15.8 Å². The lowest BCUT2D eigenvalue weighted by Gasteiger charge is -2.10. The number of hydrazone groups is 1. The molecule has 0 saturated carbocycles. The third-order valence-electron chi connectivity index (χ3n) is 2.82. The summed E-state index contributed by atoms with van der Waals surface area (Å²) in [5, 5.41) is 6.78. The second-order valence-corrected chi connectivity index (χ2v) is 4.71. The summed E-state index contributed by atoms with van der Waals surface area (Å²) in [6.07, 6.45) is 1.06. The highest BCUT2D eigenvalue weighted by atomic mass is 16.2. The van der Waals surface area contributed by atoms with E-state index in [1.54, 1.807) is 31.2 Å². The third kappa shape index (κ3) is 5.65. The summed E-state index contributed by atoms with van der Waals surface area (Å²) in [7, 11) is 0. The molecule has 108 valence electrons. The van der Waals surface area contributed by atoms with Crippen LogP contribution in [0.25, 0.3) is 0 Å². The highest BCUT2D eigenvalue weighted by molar-refractivity contribution is 6.01. The van der Waals surface area contributed by atoms with Crippen LogP contribution < -0.4 is 10.7 Å². The molecule has 1 aromatic rings. The summed E-state index contributed by atoms with van der Waals surface area (Å²) >= 11 is 0. The molecule has 0 radical (unpaired) electrons. The number of rotatable bonds is 6. The summed E-state index contributed by atoms with van der Waals surface area (Å²) in [5.41, 5.74) is 3.54. The normalized spacial score (nSPS) is 12.7. The first-order valence-electron chi connectivity index (χ1n) is 6.70. The topological polar surface area (TPSA) is 70.6 Å². The van der Waals surface area contributed by atoms with Crippen LogP contribution in [0, 0.1) is 0 Å². The van der Waals surface area contributed by atoms with Gasteiger partial charge in [-0.3, -0.25) is 9.59 Å². The van der Waals surface area contributed by atoms with E-state index in [1.165, 1.54) is 0 Å². The van der Waals surface area contributed by atoms with Crippen molar-refractivity contribution in [3.8, 4) is 0 Å². The van der Waals surface area contributed by atoms with Crippen molar-refractivity contribution < 1.29 is 9.59 Å². The maximum absolute atomic E-state index is 11.7. The highest BCUT2D eigenvalue weighted by Gasteiger charge is 2.08. The second kappa shape index (κ2) is 8.09. The van der Waals surface area contributed by atoms with Crippen molar-refractivity contribution >= 4 is 17.5 Å². The molecule has 2 N–H and O–H groups in total. The van der Waals surface area contributed by atoms with Gasteiger partial charge in [-0.15, -0.1) is 0 Å². The number of carbonyl (C=O) groups excluding carboxylic acids is 2. The fourth-order valence-electron chi connectivity index (χ4n) is 1.50. The fraction of sp³-hybridized carbons (Fsp3) is 0.400. The first-order chi connectivity index (χ1) is 9.52. The monoisotopic (exact) mass is 275 g/mol. The molecule has 1 atom stereocenters. The minimum atomic E-state index is -0.285. The van der Waals surface area contributed by atoms with Crippen LogP contribution in [0.5, 0.6) is 0 Å². The van der Waals surface area contributed by atoms with Gasteiger partial charge >= 0.3 is 0 Å². The van der Waals surface area contributed by atoms with Crippen LogP contribution in [0.3, 0.4) is 0 Å². The van der Waals surface area contributed by atoms with Crippen LogP contribution >= 0.6 is 0 Å². The lowest BCUT2D eigenvalue weighted by molar-refractivity contribution is -0.120.